The van der Waals surface area contributed by atoms with Gasteiger partial charge >= 0.3 is 11.0 Å². The molecule has 4 aromatic rings. The predicted octanol–water partition coefficient (Wildman–Crippen LogP) is 4.57. The van der Waals surface area contributed by atoms with Gasteiger partial charge in [0.2, 0.25) is 21.8 Å². The van der Waals surface area contributed by atoms with E-state index in [-0.39, 0.29) is 32.6 Å². The van der Waals surface area contributed by atoms with Crippen molar-refractivity contribution in [1.29, 1.82) is 0 Å². The number of alkyl halides is 3. The minimum atomic E-state index is -4.72. The molecule has 18 heteroatoms. The van der Waals surface area contributed by atoms with Gasteiger partial charge in [0, 0.05) is 27.1 Å². The molecule has 0 radical (unpaired) electrons. The monoisotopic (exact) mass is 724 g/mol. The average Bonchev–Trinajstić information content (AvgIpc) is 3.49. The number of aromatic nitrogens is 1. The number of nitrogens with two attached hydrogens (primary N) is 1. The van der Waals surface area contributed by atoms with Crippen molar-refractivity contribution >= 4 is 73.8 Å². The maximum absolute atomic E-state index is 14.0. The summed E-state index contributed by atoms with van der Waals surface area (Å²) in [5, 5.41) is 7.05. The van der Waals surface area contributed by atoms with Crippen molar-refractivity contribution in [3.05, 3.63) is 97.4 Å². The molecule has 244 valence electrons. The van der Waals surface area contributed by atoms with Crippen molar-refractivity contribution in [3.63, 3.8) is 0 Å². The molecule has 3 heterocycles. The first-order valence-corrected chi connectivity index (χ1v) is 17.0. The number of sulfonamides is 1. The van der Waals surface area contributed by atoms with Crippen molar-refractivity contribution < 1.29 is 40.7 Å². The van der Waals surface area contributed by atoms with Crippen LogP contribution in [-0.4, -0.2) is 43.0 Å². The number of benzene rings is 3. The number of thiazole rings is 1. The van der Waals surface area contributed by atoms with Crippen molar-refractivity contribution in [1.82, 2.24) is 4.98 Å². The Labute approximate surface area is 276 Å². The van der Waals surface area contributed by atoms with Crippen LogP contribution >= 0.6 is 34.7 Å². The van der Waals surface area contributed by atoms with Gasteiger partial charge in [0.05, 0.1) is 27.1 Å². The lowest BCUT2D eigenvalue weighted by Crippen LogP contribution is -2.32. The number of imide groups is 1. The molecule has 1 aromatic heterocycles. The molecule has 0 bridgehead atoms. The Hall–Kier alpha value is -4.16. The molecule has 1 saturated heterocycles. The van der Waals surface area contributed by atoms with Crippen LogP contribution in [0.15, 0.2) is 81.4 Å². The fraction of sp³-hybridized carbons (Fsp3) is 0.172. The molecule has 0 aliphatic carbocycles. The summed E-state index contributed by atoms with van der Waals surface area (Å²) in [5.74, 6) is -4.27. The Morgan fingerprint density at radius 3 is 2.45 bits per heavy atom. The Morgan fingerprint density at radius 1 is 1.04 bits per heavy atom. The van der Waals surface area contributed by atoms with Crippen LogP contribution in [0, 0.1) is 5.92 Å². The maximum atomic E-state index is 14.0. The largest absolute Gasteiger partial charge is 0.483 e. The molecule has 3 unspecified atom stereocenters. The van der Waals surface area contributed by atoms with E-state index in [4.69, 9.17) is 21.5 Å². The van der Waals surface area contributed by atoms with E-state index in [1.54, 1.807) is 0 Å². The molecule has 47 heavy (non-hydrogen) atoms. The van der Waals surface area contributed by atoms with Gasteiger partial charge in [-0.05, 0) is 60.7 Å². The van der Waals surface area contributed by atoms with Crippen LogP contribution in [0.3, 0.4) is 0 Å². The Balaban J connectivity index is 1.33. The summed E-state index contributed by atoms with van der Waals surface area (Å²) in [6.07, 6.45) is -4.72. The van der Waals surface area contributed by atoms with E-state index in [2.05, 4.69) is 10.3 Å². The van der Waals surface area contributed by atoms with Crippen LogP contribution in [-0.2, 0) is 30.6 Å². The van der Waals surface area contributed by atoms with E-state index >= 15 is 0 Å². The number of amides is 3. The Morgan fingerprint density at radius 2 is 1.77 bits per heavy atom. The standard InChI is InChI=1S/C29H20ClF3N4O7S3/c30-14-4-9-19(44-12-20(38)35-15-5-7-17(8-6-15)47(34,42)43)18(11-14)21-22-24(45-25-23(21)46-28(41)36-25)27(40)37(26(22)39)16-3-1-2-13(10-16)29(31,32)33/h1-11,21-22,24H,12H2,(H,35,38)(H,36,41)(H2,34,42,43). The number of ether oxygens (including phenoxy) is 1. The van der Waals surface area contributed by atoms with Gasteiger partial charge in [0.15, 0.2) is 6.61 Å². The summed E-state index contributed by atoms with van der Waals surface area (Å²) in [6.45, 7) is -0.555. The third-order valence-electron chi connectivity index (χ3n) is 7.39. The summed E-state index contributed by atoms with van der Waals surface area (Å²) in [4.78, 5) is 56.1. The first kappa shape index (κ1) is 32.8. The molecule has 3 atom stereocenters. The second-order valence-corrected chi connectivity index (χ2v) is 14.6. The number of H-pyrrole nitrogens is 1. The molecular formula is C29H20ClF3N4O7S3. The number of aromatic amines is 1. The smallest absolute Gasteiger partial charge is 0.416 e. The van der Waals surface area contributed by atoms with E-state index in [0.717, 1.165) is 46.2 Å². The third-order valence-corrected chi connectivity index (χ3v) is 11.0. The molecule has 2 aliphatic heterocycles. The topological polar surface area (TPSA) is 169 Å². The zero-order chi connectivity index (χ0) is 33.8. The average molecular weight is 725 g/mol. The summed E-state index contributed by atoms with van der Waals surface area (Å²) in [5.41, 5.74) is -0.776. The number of nitrogens with zero attached hydrogens (tertiary/aromatic N) is 1. The minimum Gasteiger partial charge on any atom is -0.483 e. The number of carbonyl (C=O) groups excluding carboxylic acids is 3. The molecule has 3 amide bonds. The molecule has 4 N–H and O–H groups in total. The number of hydrogen-bond acceptors (Lipinski definition) is 9. The molecule has 2 aliphatic rings. The lowest BCUT2D eigenvalue weighted by molar-refractivity contribution is -0.137. The van der Waals surface area contributed by atoms with Gasteiger partial charge in [0.25, 0.3) is 5.91 Å². The van der Waals surface area contributed by atoms with Crippen LogP contribution in [0.2, 0.25) is 5.02 Å². The normalized spacial score (nSPS) is 19.3. The summed E-state index contributed by atoms with van der Waals surface area (Å²) in [6, 6.07) is 13.4. The van der Waals surface area contributed by atoms with Gasteiger partial charge in [0.1, 0.15) is 11.0 Å². The minimum absolute atomic E-state index is 0.0920. The van der Waals surface area contributed by atoms with Gasteiger partial charge in [-0.1, -0.05) is 40.8 Å². The summed E-state index contributed by atoms with van der Waals surface area (Å²) >= 11 is 8.08. The molecule has 0 saturated carbocycles. The van der Waals surface area contributed by atoms with Crippen molar-refractivity contribution in [2.24, 2.45) is 11.1 Å². The molecule has 1 fully saturated rings. The third kappa shape index (κ3) is 6.40. The van der Waals surface area contributed by atoms with Crippen LogP contribution in [0.5, 0.6) is 5.75 Å². The zero-order valence-corrected chi connectivity index (χ0v) is 26.6. The van der Waals surface area contributed by atoms with Crippen molar-refractivity contribution in [2.75, 3.05) is 16.8 Å². The Bertz CT molecular complexity index is 2100. The molecule has 0 spiro atoms. The zero-order valence-electron chi connectivity index (χ0n) is 23.4. The number of hydrogen-bond donors (Lipinski definition) is 3. The molecule has 11 nitrogen and oxygen atoms in total. The quantitative estimate of drug-likeness (QED) is 0.233. The molecular weight excluding hydrogens is 705 g/mol. The molecule has 6 rings (SSSR count). The fourth-order valence-electron chi connectivity index (χ4n) is 5.39. The lowest BCUT2D eigenvalue weighted by Gasteiger charge is -2.31. The number of primary sulfonamides is 1. The highest BCUT2D eigenvalue weighted by Gasteiger charge is 2.57. The van der Waals surface area contributed by atoms with Gasteiger partial charge < -0.3 is 15.0 Å². The van der Waals surface area contributed by atoms with Gasteiger partial charge in [-0.3, -0.25) is 19.2 Å². The van der Waals surface area contributed by atoms with Crippen LogP contribution in [0.4, 0.5) is 24.5 Å². The van der Waals surface area contributed by atoms with E-state index in [1.165, 1.54) is 48.5 Å². The number of fused-ring (bicyclic) bond motifs is 2. The van der Waals surface area contributed by atoms with E-state index in [9.17, 15) is 40.8 Å². The van der Waals surface area contributed by atoms with E-state index in [1.807, 2.05) is 0 Å². The number of anilines is 2. The van der Waals surface area contributed by atoms with Gasteiger partial charge in [-0.15, -0.1) is 0 Å². The van der Waals surface area contributed by atoms with Gasteiger partial charge in [-0.25, -0.2) is 18.5 Å². The van der Waals surface area contributed by atoms with Crippen LogP contribution in [0.1, 0.15) is 21.9 Å². The maximum Gasteiger partial charge on any atom is 0.416 e. The van der Waals surface area contributed by atoms with Crippen molar-refractivity contribution in [3.8, 4) is 5.75 Å². The van der Waals surface area contributed by atoms with Crippen LogP contribution in [0.25, 0.3) is 0 Å². The first-order valence-electron chi connectivity index (χ1n) is 13.4. The second kappa shape index (κ2) is 12.1. The Kier molecular flexibility index (Phi) is 8.46. The highest BCUT2D eigenvalue weighted by atomic mass is 35.5. The second-order valence-electron chi connectivity index (χ2n) is 10.4. The molecule has 3 aromatic carbocycles. The number of carbonyl (C=O) groups is 3. The SMILES string of the molecule is NS(=O)(=O)c1ccc(NC(=O)COc2ccc(Cl)cc2C2c3sc(=O)[nH]c3SC3C(=O)N(c4cccc(C(F)(F)F)c4)C(=O)C32)cc1. The number of rotatable bonds is 7. The summed E-state index contributed by atoms with van der Waals surface area (Å²) in [7, 11) is -3.94. The predicted molar refractivity (Wildman–Crippen MR) is 167 cm³/mol. The number of thioether (sulfide) groups is 1. The fourth-order valence-corrected chi connectivity index (χ4v) is 8.59. The first-order chi connectivity index (χ1) is 22.1. The number of nitrogens with one attached hydrogen (secondary N) is 2. The number of halogens is 4. The van der Waals surface area contributed by atoms with Gasteiger partial charge in [-0.2, -0.15) is 13.2 Å². The van der Waals surface area contributed by atoms with Crippen molar-refractivity contribution in [2.45, 2.75) is 27.3 Å². The van der Waals surface area contributed by atoms with E-state index in [0.29, 0.717) is 9.90 Å². The lowest BCUT2D eigenvalue weighted by atomic mass is 9.82. The summed E-state index contributed by atoms with van der Waals surface area (Å²) < 4.78 is 69.3. The highest BCUT2D eigenvalue weighted by Crippen LogP contribution is 2.55. The highest BCUT2D eigenvalue weighted by molar-refractivity contribution is 8.00. The van der Waals surface area contributed by atoms with Crippen LogP contribution < -0.4 is 25.0 Å². The van der Waals surface area contributed by atoms with E-state index < -0.39 is 68.1 Å².